The summed E-state index contributed by atoms with van der Waals surface area (Å²) in [4.78, 5) is 7.88. The van der Waals surface area contributed by atoms with E-state index in [9.17, 15) is 10.4 Å². The van der Waals surface area contributed by atoms with E-state index in [1.807, 2.05) is 72.8 Å². The van der Waals surface area contributed by atoms with Gasteiger partial charge >= 0.3 is 0 Å². The van der Waals surface area contributed by atoms with E-state index in [0.29, 0.717) is 35.4 Å². The lowest BCUT2D eigenvalue weighted by molar-refractivity contribution is 0.317. The van der Waals surface area contributed by atoms with Gasteiger partial charge in [-0.1, -0.05) is 178 Å². The number of halogens is 4. The third-order valence-corrected chi connectivity index (χ3v) is 8.81. The van der Waals surface area contributed by atoms with Crippen molar-refractivity contribution in [2.75, 3.05) is 0 Å². The lowest BCUT2D eigenvalue weighted by Crippen LogP contribution is -2.11. The summed E-state index contributed by atoms with van der Waals surface area (Å²) in [6, 6.07) is 47.1. The van der Waals surface area contributed by atoms with Crippen molar-refractivity contribution < 1.29 is 10.4 Å². The first kappa shape index (κ1) is 36.6. The van der Waals surface area contributed by atoms with Crippen molar-refractivity contribution in [3.05, 3.63) is 200 Å². The molecule has 0 saturated carbocycles. The Kier molecular flexibility index (Phi) is 13.4. The van der Waals surface area contributed by atoms with Gasteiger partial charge in [-0.25, -0.2) is 9.97 Å². The van der Waals surface area contributed by atoms with Crippen LogP contribution in [0.25, 0.3) is 0 Å². The van der Waals surface area contributed by atoms with Crippen molar-refractivity contribution in [3.63, 3.8) is 0 Å². The number of rotatable bonds is 10. The summed E-state index contributed by atoms with van der Waals surface area (Å²) >= 11 is 24.0. The maximum atomic E-state index is 9.59. The van der Waals surface area contributed by atoms with Gasteiger partial charge in [0.15, 0.2) is 0 Å². The lowest BCUT2D eigenvalue weighted by Gasteiger charge is -2.19. The van der Waals surface area contributed by atoms with E-state index in [0.717, 1.165) is 22.3 Å². The Labute approximate surface area is 311 Å². The first-order chi connectivity index (χ1) is 24.3. The summed E-state index contributed by atoms with van der Waals surface area (Å²) in [5, 5.41) is 27.2. The fourth-order valence-electron chi connectivity index (χ4n) is 5.68. The molecule has 0 spiro atoms. The minimum absolute atomic E-state index is 0.0408. The molecule has 6 aromatic rings. The molecule has 6 nitrogen and oxygen atoms in total. The monoisotopic (exact) mass is 740 g/mol. The molecule has 0 radical (unpaired) electrons. The Morgan fingerprint density at radius 2 is 0.680 bits per heavy atom. The van der Waals surface area contributed by atoms with Crippen LogP contribution in [0.2, 0.25) is 20.6 Å². The number of benzene rings is 4. The second-order valence-electron chi connectivity index (χ2n) is 11.3. The minimum atomic E-state index is 0.0408. The van der Waals surface area contributed by atoms with Gasteiger partial charge in [0.1, 0.15) is 20.6 Å². The zero-order valence-corrected chi connectivity index (χ0v) is 29.6. The quantitative estimate of drug-likeness (QED) is 0.0633. The molecular weight excluding hydrogens is 710 g/mol. The SMILES string of the molecule is O/N=C(/CC(c1ccccc1)c1ccccc1)c1cc(Cl)nc(Cl)c1.O/N=C(\CC(c1ccccc1)c1ccccc1)c1cc(Cl)nc(Cl)c1. The van der Waals surface area contributed by atoms with E-state index >= 15 is 0 Å². The van der Waals surface area contributed by atoms with Crippen molar-refractivity contribution in [1.82, 2.24) is 9.97 Å². The van der Waals surface area contributed by atoms with E-state index in [2.05, 4.69) is 68.8 Å². The van der Waals surface area contributed by atoms with Crippen LogP contribution in [0.1, 0.15) is 58.1 Å². The average Bonchev–Trinajstić information content (AvgIpc) is 3.13. The van der Waals surface area contributed by atoms with Gasteiger partial charge in [0.2, 0.25) is 0 Å². The Morgan fingerprint density at radius 3 is 0.900 bits per heavy atom. The predicted octanol–water partition coefficient (Wildman–Crippen LogP) is 11.6. The lowest BCUT2D eigenvalue weighted by atomic mass is 9.85. The Bertz CT molecular complexity index is 1760. The minimum Gasteiger partial charge on any atom is -0.411 e. The molecule has 2 N–H and O–H groups in total. The van der Waals surface area contributed by atoms with Gasteiger partial charge in [0.25, 0.3) is 0 Å². The summed E-state index contributed by atoms with van der Waals surface area (Å²) < 4.78 is 0. The van der Waals surface area contributed by atoms with Crippen molar-refractivity contribution >= 4 is 57.8 Å². The molecule has 0 saturated heterocycles. The summed E-state index contributed by atoms with van der Waals surface area (Å²) in [6.45, 7) is 0. The second-order valence-corrected chi connectivity index (χ2v) is 12.8. The molecule has 0 fully saturated rings. The van der Waals surface area contributed by atoms with Gasteiger partial charge < -0.3 is 10.4 Å². The third kappa shape index (κ3) is 10.2. The zero-order valence-electron chi connectivity index (χ0n) is 26.6. The highest BCUT2D eigenvalue weighted by molar-refractivity contribution is 6.33. The van der Waals surface area contributed by atoms with E-state index in [1.54, 1.807) is 24.3 Å². The van der Waals surface area contributed by atoms with Crippen LogP contribution in [-0.2, 0) is 0 Å². The highest BCUT2D eigenvalue weighted by Crippen LogP contribution is 2.32. The van der Waals surface area contributed by atoms with Gasteiger partial charge in [0, 0.05) is 35.8 Å². The maximum Gasteiger partial charge on any atom is 0.131 e. The zero-order chi connectivity index (χ0) is 35.3. The van der Waals surface area contributed by atoms with Crippen LogP contribution in [0, 0.1) is 0 Å². The highest BCUT2D eigenvalue weighted by atomic mass is 35.5. The molecule has 2 aromatic heterocycles. The predicted molar refractivity (Wildman–Crippen MR) is 204 cm³/mol. The topological polar surface area (TPSA) is 91.0 Å². The molecule has 0 aliphatic carbocycles. The molecule has 252 valence electrons. The molecule has 50 heavy (non-hydrogen) atoms. The maximum absolute atomic E-state index is 9.59. The number of oxime groups is 2. The van der Waals surface area contributed by atoms with Crippen LogP contribution < -0.4 is 0 Å². The van der Waals surface area contributed by atoms with Gasteiger partial charge in [-0.3, -0.25) is 0 Å². The fraction of sp³-hybridized carbons (Fsp3) is 0.100. The smallest absolute Gasteiger partial charge is 0.131 e. The Morgan fingerprint density at radius 1 is 0.440 bits per heavy atom. The number of nitrogens with zero attached hydrogens (tertiary/aromatic N) is 4. The van der Waals surface area contributed by atoms with Gasteiger partial charge in [-0.15, -0.1) is 0 Å². The van der Waals surface area contributed by atoms with Crippen LogP contribution in [0.3, 0.4) is 0 Å². The largest absolute Gasteiger partial charge is 0.411 e. The molecule has 0 aliphatic heterocycles. The van der Waals surface area contributed by atoms with Crippen molar-refractivity contribution in [2.24, 2.45) is 10.3 Å². The summed E-state index contributed by atoms with van der Waals surface area (Å²) in [5.41, 5.74) is 6.88. The fourth-order valence-corrected chi connectivity index (χ4v) is 6.60. The van der Waals surface area contributed by atoms with E-state index in [4.69, 9.17) is 46.4 Å². The Hall–Kier alpha value is -4.72. The molecule has 4 aromatic carbocycles. The molecule has 10 heteroatoms. The van der Waals surface area contributed by atoms with Crippen molar-refractivity contribution in [2.45, 2.75) is 24.7 Å². The highest BCUT2D eigenvalue weighted by Gasteiger charge is 2.20. The molecule has 2 heterocycles. The molecule has 0 amide bonds. The second kappa shape index (κ2) is 18.3. The van der Waals surface area contributed by atoms with Crippen LogP contribution >= 0.6 is 46.4 Å². The van der Waals surface area contributed by atoms with Crippen molar-refractivity contribution in [1.29, 1.82) is 0 Å². The van der Waals surface area contributed by atoms with E-state index < -0.39 is 0 Å². The number of hydrogen-bond acceptors (Lipinski definition) is 6. The van der Waals surface area contributed by atoms with Crippen LogP contribution in [-0.4, -0.2) is 31.8 Å². The van der Waals surface area contributed by atoms with E-state index in [-0.39, 0.29) is 32.4 Å². The first-order valence-electron chi connectivity index (χ1n) is 15.6. The Balaban J connectivity index is 0.000000194. The van der Waals surface area contributed by atoms with Crippen molar-refractivity contribution in [3.8, 4) is 0 Å². The average molecular weight is 743 g/mol. The van der Waals surface area contributed by atoms with Gasteiger partial charge in [-0.2, -0.15) is 0 Å². The molecule has 6 rings (SSSR count). The number of hydrogen-bond donors (Lipinski definition) is 2. The number of pyridine rings is 2. The van der Waals surface area contributed by atoms with Gasteiger partial charge in [0.05, 0.1) is 11.4 Å². The van der Waals surface area contributed by atoms with Gasteiger partial charge in [-0.05, 0) is 46.5 Å². The van der Waals surface area contributed by atoms with Crippen LogP contribution in [0.4, 0.5) is 0 Å². The standard InChI is InChI=1S/2C20H16Cl2N2O/c2*21-19-11-16(12-20(22)23-19)18(24-25)13-17(14-7-3-1-4-8-14)15-9-5-2-6-10-15/h2*1-12,17,25H,13H2/b24-18+;24-18-. The number of aromatic nitrogens is 2. The first-order valence-corrected chi connectivity index (χ1v) is 17.1. The molecule has 0 atom stereocenters. The van der Waals surface area contributed by atoms with E-state index in [1.165, 1.54) is 0 Å². The summed E-state index contributed by atoms with van der Waals surface area (Å²) in [5.74, 6) is 0.0815. The summed E-state index contributed by atoms with van der Waals surface area (Å²) in [7, 11) is 0. The normalized spacial score (nSPS) is 11.7. The third-order valence-electron chi connectivity index (χ3n) is 8.04. The molecule has 0 unspecified atom stereocenters. The molecule has 0 bridgehead atoms. The molecule has 0 aliphatic rings. The molecular formula is C40H32Cl4N4O2. The van der Waals surface area contributed by atoms with Crippen LogP contribution in [0.15, 0.2) is 156 Å². The summed E-state index contributed by atoms with van der Waals surface area (Å²) in [6.07, 6.45) is 1.00. The van der Waals surface area contributed by atoms with Crippen LogP contribution in [0.5, 0.6) is 0 Å².